The standard InChI is InChI=1S/C29H59N3O/c1-7-8-9-10-11-12-13-14-15-16-17-18-19-20-21-22-23-32(27(30)33)26-24-28(2,3)31(6)29(4,5)25-26/h26H,7-25H2,1-6H3,(H2,30,33). The summed E-state index contributed by atoms with van der Waals surface area (Å²) in [7, 11) is 2.21. The molecule has 1 heterocycles. The Bertz CT molecular complexity index is 499. The van der Waals surface area contributed by atoms with Crippen LogP contribution in [0.1, 0.15) is 150 Å². The normalized spacial score (nSPS) is 18.5. The Morgan fingerprint density at radius 3 is 1.39 bits per heavy atom. The van der Waals surface area contributed by atoms with Crippen molar-refractivity contribution in [3.63, 3.8) is 0 Å². The molecule has 0 aromatic carbocycles. The highest BCUT2D eigenvalue weighted by molar-refractivity contribution is 5.72. The largest absolute Gasteiger partial charge is 0.351 e. The second-order valence-corrected chi connectivity index (χ2v) is 12.1. The molecule has 4 nitrogen and oxygen atoms in total. The molecule has 1 rings (SSSR count). The Kier molecular flexibility index (Phi) is 14.7. The fourth-order valence-electron chi connectivity index (χ4n) is 5.84. The van der Waals surface area contributed by atoms with Crippen molar-refractivity contribution >= 4 is 6.03 Å². The summed E-state index contributed by atoms with van der Waals surface area (Å²) in [6.07, 6.45) is 23.9. The molecule has 0 bridgehead atoms. The number of urea groups is 1. The van der Waals surface area contributed by atoms with Gasteiger partial charge in [-0.2, -0.15) is 0 Å². The zero-order valence-electron chi connectivity index (χ0n) is 23.4. The molecule has 1 aliphatic heterocycles. The molecule has 196 valence electrons. The minimum atomic E-state index is -0.239. The van der Waals surface area contributed by atoms with Crippen LogP contribution < -0.4 is 5.73 Å². The fourth-order valence-corrected chi connectivity index (χ4v) is 5.84. The smallest absolute Gasteiger partial charge is 0.315 e. The van der Waals surface area contributed by atoms with Crippen LogP contribution in [0, 0.1) is 0 Å². The highest BCUT2D eigenvalue weighted by atomic mass is 16.2. The molecule has 0 atom stereocenters. The molecule has 0 aliphatic carbocycles. The van der Waals surface area contributed by atoms with Gasteiger partial charge >= 0.3 is 6.03 Å². The van der Waals surface area contributed by atoms with E-state index in [2.05, 4.69) is 46.6 Å². The van der Waals surface area contributed by atoms with Gasteiger partial charge in [-0.1, -0.05) is 103 Å². The SMILES string of the molecule is CCCCCCCCCCCCCCCCCCN(C(N)=O)C1CC(C)(C)N(C)C(C)(C)C1. The van der Waals surface area contributed by atoms with Crippen LogP contribution in [-0.4, -0.2) is 46.5 Å². The summed E-state index contributed by atoms with van der Waals surface area (Å²) in [5.74, 6) is 0. The quantitative estimate of drug-likeness (QED) is 0.207. The van der Waals surface area contributed by atoms with Crippen molar-refractivity contribution in [2.45, 2.75) is 167 Å². The van der Waals surface area contributed by atoms with E-state index in [9.17, 15) is 4.79 Å². The van der Waals surface area contributed by atoms with E-state index < -0.39 is 0 Å². The van der Waals surface area contributed by atoms with Gasteiger partial charge in [0.1, 0.15) is 0 Å². The molecule has 0 unspecified atom stereocenters. The second kappa shape index (κ2) is 16.0. The number of carbonyl (C=O) groups is 1. The maximum atomic E-state index is 12.2. The molecule has 0 spiro atoms. The van der Waals surface area contributed by atoms with E-state index in [0.29, 0.717) is 0 Å². The summed E-state index contributed by atoms with van der Waals surface area (Å²) in [5.41, 5.74) is 5.98. The lowest BCUT2D eigenvalue weighted by Crippen LogP contribution is -2.63. The highest BCUT2D eigenvalue weighted by Gasteiger charge is 2.45. The molecule has 4 heteroatoms. The van der Waals surface area contributed by atoms with Crippen molar-refractivity contribution in [2.75, 3.05) is 13.6 Å². The number of piperidine rings is 1. The lowest BCUT2D eigenvalue weighted by Gasteiger charge is -2.55. The van der Waals surface area contributed by atoms with Gasteiger partial charge in [0.2, 0.25) is 0 Å². The first-order valence-electron chi connectivity index (χ1n) is 14.4. The average Bonchev–Trinajstić information content (AvgIpc) is 2.73. The minimum Gasteiger partial charge on any atom is -0.351 e. The van der Waals surface area contributed by atoms with Gasteiger partial charge in [0, 0.05) is 23.7 Å². The van der Waals surface area contributed by atoms with Crippen LogP contribution in [0.4, 0.5) is 4.79 Å². The number of nitrogens with zero attached hydrogens (tertiary/aromatic N) is 2. The van der Waals surface area contributed by atoms with Gasteiger partial charge in [0.05, 0.1) is 0 Å². The zero-order valence-corrected chi connectivity index (χ0v) is 23.4. The predicted molar refractivity (Wildman–Crippen MR) is 145 cm³/mol. The second-order valence-electron chi connectivity index (χ2n) is 12.1. The molecule has 0 saturated carbocycles. The number of hydrogen-bond donors (Lipinski definition) is 1. The van der Waals surface area contributed by atoms with Crippen molar-refractivity contribution in [1.29, 1.82) is 0 Å². The number of likely N-dealkylation sites (tertiary alicyclic amines) is 1. The Balaban J connectivity index is 2.09. The Labute approximate surface area is 207 Å². The third-order valence-corrected chi connectivity index (χ3v) is 8.26. The molecule has 1 aliphatic rings. The maximum Gasteiger partial charge on any atom is 0.315 e. The number of hydrogen-bond acceptors (Lipinski definition) is 2. The van der Waals surface area contributed by atoms with Gasteiger partial charge in [-0.05, 0) is 54.0 Å². The van der Waals surface area contributed by atoms with E-state index in [1.165, 1.54) is 96.3 Å². The van der Waals surface area contributed by atoms with Gasteiger partial charge in [0.15, 0.2) is 0 Å². The molecular weight excluding hydrogens is 406 g/mol. The van der Waals surface area contributed by atoms with Crippen LogP contribution in [0.2, 0.25) is 0 Å². The number of rotatable bonds is 18. The van der Waals surface area contributed by atoms with E-state index in [1.807, 2.05) is 4.90 Å². The third-order valence-electron chi connectivity index (χ3n) is 8.26. The summed E-state index contributed by atoms with van der Waals surface area (Å²) < 4.78 is 0. The van der Waals surface area contributed by atoms with Crippen LogP contribution in [0.15, 0.2) is 0 Å². The van der Waals surface area contributed by atoms with Crippen molar-refractivity contribution < 1.29 is 4.79 Å². The molecule has 0 aromatic rings. The molecular formula is C29H59N3O. The third kappa shape index (κ3) is 12.0. The molecule has 2 amide bonds. The average molecular weight is 466 g/mol. The summed E-state index contributed by atoms with van der Waals surface area (Å²) in [5, 5.41) is 0. The van der Waals surface area contributed by atoms with E-state index in [0.717, 1.165) is 25.8 Å². The highest BCUT2D eigenvalue weighted by Crippen LogP contribution is 2.39. The number of nitrogens with two attached hydrogens (primary N) is 1. The Morgan fingerprint density at radius 1 is 0.727 bits per heavy atom. The molecule has 33 heavy (non-hydrogen) atoms. The Hall–Kier alpha value is -0.770. The van der Waals surface area contributed by atoms with E-state index in [4.69, 9.17) is 5.73 Å². The van der Waals surface area contributed by atoms with E-state index in [1.54, 1.807) is 0 Å². The van der Waals surface area contributed by atoms with Crippen molar-refractivity contribution in [2.24, 2.45) is 5.73 Å². The van der Waals surface area contributed by atoms with Gasteiger partial charge in [-0.15, -0.1) is 0 Å². The van der Waals surface area contributed by atoms with E-state index in [-0.39, 0.29) is 23.2 Å². The first-order valence-corrected chi connectivity index (χ1v) is 14.4. The number of unbranched alkanes of at least 4 members (excludes halogenated alkanes) is 15. The van der Waals surface area contributed by atoms with Crippen molar-refractivity contribution in [1.82, 2.24) is 9.80 Å². The lowest BCUT2D eigenvalue weighted by molar-refractivity contribution is -0.0382. The number of amides is 2. The number of carbonyl (C=O) groups excluding carboxylic acids is 1. The maximum absolute atomic E-state index is 12.2. The molecule has 0 radical (unpaired) electrons. The van der Waals surface area contributed by atoms with Gasteiger partial charge in [-0.25, -0.2) is 4.79 Å². The van der Waals surface area contributed by atoms with Gasteiger partial charge < -0.3 is 10.6 Å². The lowest BCUT2D eigenvalue weighted by atomic mass is 9.77. The molecule has 1 fully saturated rings. The van der Waals surface area contributed by atoms with Crippen LogP contribution in [0.5, 0.6) is 0 Å². The molecule has 2 N–H and O–H groups in total. The minimum absolute atomic E-state index is 0.0781. The van der Waals surface area contributed by atoms with E-state index >= 15 is 0 Å². The molecule has 0 aromatic heterocycles. The van der Waals surface area contributed by atoms with Crippen LogP contribution in [0.25, 0.3) is 0 Å². The number of primary amides is 1. The monoisotopic (exact) mass is 465 g/mol. The summed E-state index contributed by atoms with van der Waals surface area (Å²) in [6, 6.07) is 0.0113. The summed E-state index contributed by atoms with van der Waals surface area (Å²) >= 11 is 0. The van der Waals surface area contributed by atoms with Crippen LogP contribution in [-0.2, 0) is 0 Å². The Morgan fingerprint density at radius 2 is 1.06 bits per heavy atom. The van der Waals surface area contributed by atoms with Crippen molar-refractivity contribution in [3.8, 4) is 0 Å². The summed E-state index contributed by atoms with van der Waals surface area (Å²) in [6.45, 7) is 12.2. The van der Waals surface area contributed by atoms with Crippen molar-refractivity contribution in [3.05, 3.63) is 0 Å². The van der Waals surface area contributed by atoms with Crippen LogP contribution in [0.3, 0.4) is 0 Å². The fraction of sp³-hybridized carbons (Fsp3) is 0.966. The first kappa shape index (κ1) is 30.3. The zero-order chi connectivity index (χ0) is 24.7. The topological polar surface area (TPSA) is 49.6 Å². The molecule has 1 saturated heterocycles. The summed E-state index contributed by atoms with van der Waals surface area (Å²) in [4.78, 5) is 16.7. The van der Waals surface area contributed by atoms with Gasteiger partial charge in [-0.3, -0.25) is 4.90 Å². The first-order chi connectivity index (χ1) is 15.6. The predicted octanol–water partition coefficient (Wildman–Crippen LogP) is 8.28. The van der Waals surface area contributed by atoms with Crippen LogP contribution >= 0.6 is 0 Å². The van der Waals surface area contributed by atoms with Gasteiger partial charge in [0.25, 0.3) is 0 Å².